The number of benzene rings is 2. The summed E-state index contributed by atoms with van der Waals surface area (Å²) in [5.74, 6) is 0.314. The molecule has 1 aliphatic rings. The van der Waals surface area contributed by atoms with Crippen LogP contribution in [0.25, 0.3) is 22.3 Å². The third-order valence-corrected chi connectivity index (χ3v) is 6.17. The van der Waals surface area contributed by atoms with Gasteiger partial charge in [0.05, 0.1) is 24.3 Å². The van der Waals surface area contributed by atoms with E-state index in [-0.39, 0.29) is 5.91 Å². The van der Waals surface area contributed by atoms with Crippen LogP contribution in [0, 0.1) is 6.92 Å². The third-order valence-electron chi connectivity index (χ3n) is 6.17. The summed E-state index contributed by atoms with van der Waals surface area (Å²) in [7, 11) is 1.92. The molecule has 1 aliphatic heterocycles. The van der Waals surface area contributed by atoms with Crippen LogP contribution in [0.5, 0.6) is 0 Å². The molecule has 3 N–H and O–H groups in total. The van der Waals surface area contributed by atoms with Crippen molar-refractivity contribution in [2.24, 2.45) is 12.0 Å². The van der Waals surface area contributed by atoms with Crippen LogP contribution in [-0.2, 0) is 13.5 Å². The van der Waals surface area contributed by atoms with Crippen molar-refractivity contribution < 1.29 is 4.79 Å². The van der Waals surface area contributed by atoms with Gasteiger partial charge in [-0.15, -0.1) is 0 Å². The Morgan fingerprint density at radius 1 is 1.11 bits per heavy atom. The lowest BCUT2D eigenvalue weighted by molar-refractivity contribution is 0.0955. The van der Waals surface area contributed by atoms with E-state index in [1.807, 2.05) is 67.2 Å². The summed E-state index contributed by atoms with van der Waals surface area (Å²) in [6.07, 6.45) is 6.12. The number of amides is 1. The molecule has 4 heterocycles. The number of imidazole rings is 1. The van der Waals surface area contributed by atoms with Gasteiger partial charge in [0.1, 0.15) is 11.4 Å². The van der Waals surface area contributed by atoms with E-state index in [2.05, 4.69) is 41.6 Å². The van der Waals surface area contributed by atoms with E-state index in [0.29, 0.717) is 18.2 Å². The molecule has 6 rings (SSSR count). The van der Waals surface area contributed by atoms with E-state index < -0.39 is 0 Å². The highest BCUT2D eigenvalue weighted by atomic mass is 16.1. The standard InChI is InChI=1S/C27H24N8O/c1-16-9-19(32-27-28-8-7-22(34-27)24-14-35(2)15-30-24)11-18-12-23(33-25(16)18)26(36)29-13-20-10-17-5-3-4-6-21(17)31-20/h3-9,11-12,14-15,33H,10,13H2,1-2H3,(H,29,36)(H,28,32,34). The maximum absolute atomic E-state index is 12.9. The molecule has 0 radical (unpaired) electrons. The Bertz CT molecular complexity index is 1640. The van der Waals surface area contributed by atoms with Crippen LogP contribution in [0.4, 0.5) is 17.3 Å². The maximum atomic E-state index is 12.9. The molecule has 1 amide bonds. The second-order valence-corrected chi connectivity index (χ2v) is 8.92. The molecule has 3 aromatic heterocycles. The van der Waals surface area contributed by atoms with Gasteiger partial charge in [0, 0.05) is 48.2 Å². The molecule has 5 aromatic rings. The van der Waals surface area contributed by atoms with E-state index in [1.54, 1.807) is 12.5 Å². The number of aromatic nitrogens is 5. The number of para-hydroxylation sites is 1. The molecule has 0 aliphatic carbocycles. The molecule has 0 unspecified atom stereocenters. The van der Waals surface area contributed by atoms with Crippen molar-refractivity contribution in [3.8, 4) is 11.4 Å². The molecular formula is C27H24N8O. The number of H-pyrrole nitrogens is 1. The topological polar surface area (TPSA) is 113 Å². The molecule has 0 fully saturated rings. The summed E-state index contributed by atoms with van der Waals surface area (Å²) >= 11 is 0. The van der Waals surface area contributed by atoms with Crippen LogP contribution in [0.1, 0.15) is 21.6 Å². The van der Waals surface area contributed by atoms with Gasteiger partial charge in [-0.3, -0.25) is 9.79 Å². The summed E-state index contributed by atoms with van der Waals surface area (Å²) in [5.41, 5.74) is 7.91. The number of aromatic amines is 1. The molecule has 178 valence electrons. The number of fused-ring (bicyclic) bond motifs is 2. The lowest BCUT2D eigenvalue weighted by Gasteiger charge is -2.07. The normalized spacial score (nSPS) is 12.4. The fourth-order valence-corrected chi connectivity index (χ4v) is 4.43. The van der Waals surface area contributed by atoms with Crippen LogP contribution < -0.4 is 10.6 Å². The van der Waals surface area contributed by atoms with Crippen molar-refractivity contribution in [3.05, 3.63) is 84.1 Å². The minimum atomic E-state index is -0.162. The number of aryl methyl sites for hydroxylation is 2. The van der Waals surface area contributed by atoms with Gasteiger partial charge < -0.3 is 20.2 Å². The van der Waals surface area contributed by atoms with Gasteiger partial charge in [-0.2, -0.15) is 0 Å². The zero-order valence-electron chi connectivity index (χ0n) is 19.9. The number of nitrogens with one attached hydrogen (secondary N) is 3. The van der Waals surface area contributed by atoms with Crippen LogP contribution >= 0.6 is 0 Å². The highest BCUT2D eigenvalue weighted by molar-refractivity contribution is 6.03. The fourth-order valence-electron chi connectivity index (χ4n) is 4.43. The number of hydrogen-bond donors (Lipinski definition) is 3. The Kier molecular flexibility index (Phi) is 5.29. The Morgan fingerprint density at radius 3 is 2.83 bits per heavy atom. The van der Waals surface area contributed by atoms with E-state index in [1.165, 1.54) is 5.56 Å². The van der Waals surface area contributed by atoms with Crippen LogP contribution in [0.2, 0.25) is 0 Å². The molecule has 0 bridgehead atoms. The van der Waals surface area contributed by atoms with Gasteiger partial charge in [0.2, 0.25) is 5.95 Å². The Balaban J connectivity index is 1.18. The number of carbonyl (C=O) groups is 1. The smallest absolute Gasteiger partial charge is 0.268 e. The highest BCUT2D eigenvalue weighted by Gasteiger charge is 2.16. The second kappa shape index (κ2) is 8.77. The number of nitrogens with zero attached hydrogens (tertiary/aromatic N) is 5. The van der Waals surface area contributed by atoms with E-state index in [9.17, 15) is 4.79 Å². The van der Waals surface area contributed by atoms with Crippen LogP contribution in [0.15, 0.2) is 72.2 Å². The monoisotopic (exact) mass is 476 g/mol. The van der Waals surface area contributed by atoms with Gasteiger partial charge in [-0.05, 0) is 48.4 Å². The second-order valence-electron chi connectivity index (χ2n) is 8.92. The maximum Gasteiger partial charge on any atom is 0.268 e. The van der Waals surface area contributed by atoms with Crippen LogP contribution in [-0.4, -0.2) is 42.7 Å². The summed E-state index contributed by atoms with van der Waals surface area (Å²) in [6, 6.07) is 15.7. The highest BCUT2D eigenvalue weighted by Crippen LogP contribution is 2.27. The van der Waals surface area contributed by atoms with Crippen molar-refractivity contribution in [2.45, 2.75) is 13.3 Å². The quantitative estimate of drug-likeness (QED) is 0.335. The minimum absolute atomic E-state index is 0.162. The average Bonchev–Trinajstić information content (AvgIpc) is 3.60. The van der Waals surface area contributed by atoms with Crippen molar-refractivity contribution in [1.29, 1.82) is 0 Å². The zero-order chi connectivity index (χ0) is 24.6. The lowest BCUT2D eigenvalue weighted by atomic mass is 10.1. The zero-order valence-corrected chi connectivity index (χ0v) is 19.9. The van der Waals surface area contributed by atoms with Crippen molar-refractivity contribution in [3.63, 3.8) is 0 Å². The Morgan fingerprint density at radius 2 is 2.00 bits per heavy atom. The number of rotatable bonds is 6. The van der Waals surface area contributed by atoms with E-state index >= 15 is 0 Å². The number of anilines is 2. The minimum Gasteiger partial charge on any atom is -0.350 e. The van der Waals surface area contributed by atoms with E-state index in [0.717, 1.165) is 51.4 Å². The largest absolute Gasteiger partial charge is 0.350 e. The predicted molar refractivity (Wildman–Crippen MR) is 140 cm³/mol. The number of hydrogen-bond acceptors (Lipinski definition) is 6. The molecule has 0 atom stereocenters. The van der Waals surface area contributed by atoms with Crippen molar-refractivity contribution in [1.82, 2.24) is 29.8 Å². The molecule has 36 heavy (non-hydrogen) atoms. The first-order chi connectivity index (χ1) is 17.5. The fraction of sp³-hybridized carbons (Fsp3) is 0.148. The summed E-state index contributed by atoms with van der Waals surface area (Å²) in [4.78, 5) is 34.0. The van der Waals surface area contributed by atoms with Gasteiger partial charge in [-0.1, -0.05) is 18.2 Å². The Labute approximate surface area is 207 Å². The van der Waals surface area contributed by atoms with Gasteiger partial charge in [0.15, 0.2) is 0 Å². The first-order valence-corrected chi connectivity index (χ1v) is 11.7. The first-order valence-electron chi connectivity index (χ1n) is 11.7. The summed E-state index contributed by atoms with van der Waals surface area (Å²) < 4.78 is 1.88. The van der Waals surface area contributed by atoms with Crippen LogP contribution in [0.3, 0.4) is 0 Å². The number of aliphatic imine (C=N–C) groups is 1. The SMILES string of the molecule is Cc1cc(Nc2nccc(-c3cn(C)cn3)n2)cc2cc(C(=O)NCC3=Nc4ccccc4C3)[nH]c12. The van der Waals surface area contributed by atoms with Gasteiger partial charge >= 0.3 is 0 Å². The van der Waals surface area contributed by atoms with Gasteiger partial charge in [0.25, 0.3) is 5.91 Å². The third kappa shape index (κ3) is 4.22. The molecule has 9 nitrogen and oxygen atoms in total. The molecular weight excluding hydrogens is 452 g/mol. The lowest BCUT2D eigenvalue weighted by Crippen LogP contribution is -2.29. The van der Waals surface area contributed by atoms with E-state index in [4.69, 9.17) is 0 Å². The average molecular weight is 477 g/mol. The predicted octanol–water partition coefficient (Wildman–Crippen LogP) is 4.47. The van der Waals surface area contributed by atoms with Gasteiger partial charge in [-0.25, -0.2) is 15.0 Å². The van der Waals surface area contributed by atoms with Crippen molar-refractivity contribution >= 4 is 39.8 Å². The molecule has 0 spiro atoms. The summed E-state index contributed by atoms with van der Waals surface area (Å²) in [5, 5.41) is 7.19. The Hall–Kier alpha value is -4.79. The molecule has 9 heteroatoms. The number of carbonyl (C=O) groups excluding carboxylic acids is 1. The summed E-state index contributed by atoms with van der Waals surface area (Å²) in [6.45, 7) is 2.42. The molecule has 0 saturated carbocycles. The molecule has 2 aromatic carbocycles. The van der Waals surface area contributed by atoms with Crippen molar-refractivity contribution in [2.75, 3.05) is 11.9 Å². The molecule has 0 saturated heterocycles. The first kappa shape index (κ1) is 21.7.